The lowest BCUT2D eigenvalue weighted by molar-refractivity contribution is 1.11. The molecule has 0 atom stereocenters. The second-order valence-corrected chi connectivity index (χ2v) is 5.78. The zero-order chi connectivity index (χ0) is 14.0. The molecule has 0 saturated carbocycles. The third kappa shape index (κ3) is 3.56. The maximum atomic E-state index is 6.14. The first-order valence-electron chi connectivity index (χ1n) is 5.92. The molecule has 100 valence electrons. The number of benzene rings is 2. The van der Waals surface area contributed by atoms with Crippen LogP contribution in [0.25, 0.3) is 0 Å². The Morgan fingerprint density at radius 2 is 1.58 bits per heavy atom. The monoisotopic (exact) mass is 313 g/mol. The van der Waals surface area contributed by atoms with Crippen LogP contribution in [0.2, 0.25) is 15.1 Å². The van der Waals surface area contributed by atoms with E-state index in [4.69, 9.17) is 34.8 Å². The van der Waals surface area contributed by atoms with Gasteiger partial charge in [-0.1, -0.05) is 58.6 Å². The molecule has 0 heterocycles. The Bertz CT molecular complexity index is 585. The van der Waals surface area contributed by atoms with Crippen molar-refractivity contribution in [1.82, 2.24) is 0 Å². The molecule has 0 amide bonds. The molecular weight excluding hydrogens is 301 g/mol. The lowest BCUT2D eigenvalue weighted by Crippen LogP contribution is -2.03. The number of halogens is 3. The van der Waals surface area contributed by atoms with Crippen molar-refractivity contribution in [2.45, 2.75) is 20.4 Å². The van der Waals surface area contributed by atoms with Gasteiger partial charge in [-0.15, -0.1) is 0 Å². The van der Waals surface area contributed by atoms with Gasteiger partial charge < -0.3 is 5.32 Å². The fourth-order valence-electron chi connectivity index (χ4n) is 1.89. The maximum absolute atomic E-state index is 6.14. The number of aryl methyl sites for hydroxylation is 2. The highest BCUT2D eigenvalue weighted by Gasteiger charge is 2.08. The highest BCUT2D eigenvalue weighted by atomic mass is 35.5. The summed E-state index contributed by atoms with van der Waals surface area (Å²) in [6.45, 7) is 4.83. The Morgan fingerprint density at radius 1 is 0.947 bits per heavy atom. The summed E-state index contributed by atoms with van der Waals surface area (Å²) in [6, 6.07) is 9.72. The topological polar surface area (TPSA) is 12.0 Å². The van der Waals surface area contributed by atoms with Gasteiger partial charge >= 0.3 is 0 Å². The third-order valence-electron chi connectivity index (χ3n) is 2.97. The van der Waals surface area contributed by atoms with E-state index >= 15 is 0 Å². The Balaban J connectivity index is 2.21. The Morgan fingerprint density at radius 3 is 2.21 bits per heavy atom. The fourth-order valence-corrected chi connectivity index (χ4v) is 2.84. The molecule has 19 heavy (non-hydrogen) atoms. The van der Waals surface area contributed by atoms with E-state index in [0.29, 0.717) is 27.3 Å². The van der Waals surface area contributed by atoms with Crippen LogP contribution in [-0.4, -0.2) is 0 Å². The first-order chi connectivity index (χ1) is 8.97. The van der Waals surface area contributed by atoms with Crippen molar-refractivity contribution in [3.05, 3.63) is 62.1 Å². The molecule has 0 aliphatic carbocycles. The minimum Gasteiger partial charge on any atom is -0.379 e. The molecule has 0 radical (unpaired) electrons. The van der Waals surface area contributed by atoms with Gasteiger partial charge in [-0.05, 0) is 37.1 Å². The normalized spacial score (nSPS) is 10.6. The second kappa shape index (κ2) is 6.04. The van der Waals surface area contributed by atoms with E-state index in [1.54, 1.807) is 12.1 Å². The molecule has 0 spiro atoms. The summed E-state index contributed by atoms with van der Waals surface area (Å²) in [7, 11) is 0. The Kier molecular flexibility index (Phi) is 4.62. The van der Waals surface area contributed by atoms with Crippen LogP contribution >= 0.6 is 34.8 Å². The highest BCUT2D eigenvalue weighted by Crippen LogP contribution is 2.34. The molecule has 4 heteroatoms. The van der Waals surface area contributed by atoms with Gasteiger partial charge in [-0.3, -0.25) is 0 Å². The third-order valence-corrected chi connectivity index (χ3v) is 3.78. The lowest BCUT2D eigenvalue weighted by atomic mass is 10.1. The minimum atomic E-state index is 0.530. The van der Waals surface area contributed by atoms with E-state index in [-0.39, 0.29) is 0 Å². The van der Waals surface area contributed by atoms with Crippen LogP contribution in [0.3, 0.4) is 0 Å². The van der Waals surface area contributed by atoms with E-state index in [9.17, 15) is 0 Å². The number of hydrogen-bond donors (Lipinski definition) is 1. The quantitative estimate of drug-likeness (QED) is 0.746. The standard InChI is InChI=1S/C15H14Cl3N/c1-9-3-4-10(2)11(5-9)8-19-15-13(17)6-12(16)7-14(15)18/h3-7,19H,8H2,1-2H3. The van der Waals surface area contributed by atoms with Crippen LogP contribution in [0.4, 0.5) is 5.69 Å². The van der Waals surface area contributed by atoms with Crippen molar-refractivity contribution in [2.75, 3.05) is 5.32 Å². The van der Waals surface area contributed by atoms with Crippen molar-refractivity contribution in [3.63, 3.8) is 0 Å². The van der Waals surface area contributed by atoms with Crippen molar-refractivity contribution >= 4 is 40.5 Å². The summed E-state index contributed by atoms with van der Waals surface area (Å²) in [5, 5.41) is 4.87. The molecule has 0 aliphatic rings. The predicted octanol–water partition coefficient (Wildman–Crippen LogP) is 5.88. The first-order valence-corrected chi connectivity index (χ1v) is 7.05. The van der Waals surface area contributed by atoms with E-state index in [0.717, 1.165) is 0 Å². The van der Waals surface area contributed by atoms with Crippen molar-refractivity contribution < 1.29 is 0 Å². The summed E-state index contributed by atoms with van der Waals surface area (Å²) in [5.74, 6) is 0. The zero-order valence-electron chi connectivity index (χ0n) is 10.7. The number of anilines is 1. The lowest BCUT2D eigenvalue weighted by Gasteiger charge is -2.13. The molecule has 0 saturated heterocycles. The molecule has 2 aromatic carbocycles. The number of hydrogen-bond acceptors (Lipinski definition) is 1. The summed E-state index contributed by atoms with van der Waals surface area (Å²) in [6.07, 6.45) is 0. The van der Waals surface area contributed by atoms with Gasteiger partial charge in [0.15, 0.2) is 0 Å². The average molecular weight is 315 g/mol. The van der Waals surface area contributed by atoms with Crippen LogP contribution in [0.15, 0.2) is 30.3 Å². The average Bonchev–Trinajstić information content (AvgIpc) is 2.32. The molecule has 0 aliphatic heterocycles. The summed E-state index contributed by atoms with van der Waals surface area (Å²) >= 11 is 18.2. The smallest absolute Gasteiger partial charge is 0.0722 e. The van der Waals surface area contributed by atoms with Crippen molar-refractivity contribution in [1.29, 1.82) is 0 Å². The van der Waals surface area contributed by atoms with Gasteiger partial charge in [-0.25, -0.2) is 0 Å². The molecule has 0 bridgehead atoms. The number of rotatable bonds is 3. The first kappa shape index (κ1) is 14.5. The zero-order valence-corrected chi connectivity index (χ0v) is 13.0. The van der Waals surface area contributed by atoms with Crippen LogP contribution < -0.4 is 5.32 Å². The second-order valence-electron chi connectivity index (χ2n) is 4.53. The molecule has 0 fully saturated rings. The molecule has 0 unspecified atom stereocenters. The maximum Gasteiger partial charge on any atom is 0.0722 e. The molecular formula is C15H14Cl3N. The van der Waals surface area contributed by atoms with Gasteiger partial charge in [0.2, 0.25) is 0 Å². The molecule has 0 aromatic heterocycles. The van der Waals surface area contributed by atoms with Crippen LogP contribution in [0.5, 0.6) is 0 Å². The van der Waals surface area contributed by atoms with Gasteiger partial charge in [0.25, 0.3) is 0 Å². The van der Waals surface area contributed by atoms with Crippen LogP contribution in [-0.2, 0) is 6.54 Å². The van der Waals surface area contributed by atoms with Crippen LogP contribution in [0.1, 0.15) is 16.7 Å². The van der Waals surface area contributed by atoms with Gasteiger partial charge in [0, 0.05) is 11.6 Å². The van der Waals surface area contributed by atoms with E-state index < -0.39 is 0 Å². The van der Waals surface area contributed by atoms with E-state index in [1.165, 1.54) is 16.7 Å². The molecule has 1 nitrogen and oxygen atoms in total. The number of nitrogens with one attached hydrogen (secondary N) is 1. The van der Waals surface area contributed by atoms with Gasteiger partial charge in [0.1, 0.15) is 0 Å². The summed E-state index contributed by atoms with van der Waals surface area (Å²) < 4.78 is 0. The summed E-state index contributed by atoms with van der Waals surface area (Å²) in [4.78, 5) is 0. The SMILES string of the molecule is Cc1ccc(C)c(CNc2c(Cl)cc(Cl)cc2Cl)c1. The minimum absolute atomic E-state index is 0.530. The largest absolute Gasteiger partial charge is 0.379 e. The Hall–Kier alpha value is -0.890. The highest BCUT2D eigenvalue weighted by molar-refractivity contribution is 6.41. The summed E-state index contributed by atoms with van der Waals surface area (Å²) in [5.41, 5.74) is 4.41. The molecule has 2 rings (SSSR count). The Labute approximate surface area is 128 Å². The predicted molar refractivity (Wildman–Crippen MR) is 84.7 cm³/mol. The molecule has 1 N–H and O–H groups in total. The van der Waals surface area contributed by atoms with Crippen molar-refractivity contribution in [3.8, 4) is 0 Å². The van der Waals surface area contributed by atoms with Gasteiger partial charge in [0.05, 0.1) is 15.7 Å². The van der Waals surface area contributed by atoms with E-state index in [1.807, 2.05) is 0 Å². The molecule has 2 aromatic rings. The fraction of sp³-hybridized carbons (Fsp3) is 0.200. The van der Waals surface area contributed by atoms with E-state index in [2.05, 4.69) is 37.4 Å². The van der Waals surface area contributed by atoms with Crippen molar-refractivity contribution in [2.24, 2.45) is 0 Å². The van der Waals surface area contributed by atoms with Gasteiger partial charge in [-0.2, -0.15) is 0 Å². The van der Waals surface area contributed by atoms with Crippen LogP contribution in [0, 0.1) is 13.8 Å².